The molecule has 2 fully saturated rings. The first-order chi connectivity index (χ1) is 20.3. The lowest BCUT2D eigenvalue weighted by atomic mass is 9.69. The lowest BCUT2D eigenvalue weighted by Crippen LogP contribution is -2.34. The molecule has 8 nitrogen and oxygen atoms in total. The first-order valence-electron chi connectivity index (χ1n) is 14.8. The van der Waals surface area contributed by atoms with Gasteiger partial charge in [0.2, 0.25) is 11.8 Å². The Labute approximate surface area is 244 Å². The van der Waals surface area contributed by atoms with Gasteiger partial charge in [0.1, 0.15) is 0 Å². The average molecular weight is 577 g/mol. The zero-order valence-corrected chi connectivity index (χ0v) is 23.8. The molecular formula is C33H37FN2O6. The van der Waals surface area contributed by atoms with Crippen LogP contribution in [0.3, 0.4) is 0 Å². The number of amides is 2. The third-order valence-electron chi connectivity index (χ3n) is 8.78. The molecule has 222 valence electrons. The monoisotopic (exact) mass is 576 g/mol. The van der Waals surface area contributed by atoms with Crippen LogP contribution >= 0.6 is 0 Å². The van der Waals surface area contributed by atoms with E-state index >= 15 is 0 Å². The van der Waals surface area contributed by atoms with Gasteiger partial charge < -0.3 is 14.9 Å². The van der Waals surface area contributed by atoms with Crippen LogP contribution < -0.4 is 0 Å². The van der Waals surface area contributed by atoms with Gasteiger partial charge in [-0.1, -0.05) is 31.1 Å². The Kier molecular flexibility index (Phi) is 9.16. The van der Waals surface area contributed by atoms with Crippen LogP contribution in [0.5, 0.6) is 5.75 Å². The van der Waals surface area contributed by atoms with Crippen LogP contribution in [0.25, 0.3) is 11.6 Å². The number of carbonyl (C=O) groups is 3. The summed E-state index contributed by atoms with van der Waals surface area (Å²) in [5, 5.41) is 18.5. The Bertz CT molecular complexity index is 1400. The van der Waals surface area contributed by atoms with E-state index < -0.39 is 23.5 Å². The molecule has 0 spiro atoms. The molecule has 1 aliphatic carbocycles. The smallest absolute Gasteiger partial charge is 0.303 e. The molecule has 2 amide bonds. The van der Waals surface area contributed by atoms with Crippen molar-refractivity contribution < 1.29 is 33.7 Å². The summed E-state index contributed by atoms with van der Waals surface area (Å²) in [7, 11) is 0. The number of likely N-dealkylation sites (tertiary alicyclic amines) is 1. The predicted octanol–water partition coefficient (Wildman–Crippen LogP) is 5.62. The van der Waals surface area contributed by atoms with Crippen molar-refractivity contribution in [2.45, 2.75) is 64.4 Å². The molecule has 3 heterocycles. The molecule has 9 heteroatoms. The van der Waals surface area contributed by atoms with Crippen molar-refractivity contribution in [1.29, 1.82) is 0 Å². The number of hydrogen-bond donors (Lipinski definition) is 2. The Morgan fingerprint density at radius 1 is 1.12 bits per heavy atom. The number of unbranched alkanes of at least 4 members (excludes halogenated alkanes) is 2. The largest absolute Gasteiger partial charge is 0.505 e. The summed E-state index contributed by atoms with van der Waals surface area (Å²) in [6.45, 7) is 2.80. The summed E-state index contributed by atoms with van der Waals surface area (Å²) in [6, 6.07) is 9.92. The van der Waals surface area contributed by atoms with Gasteiger partial charge in [0.15, 0.2) is 11.6 Å². The molecule has 0 unspecified atom stereocenters. The molecule has 42 heavy (non-hydrogen) atoms. The number of imide groups is 1. The number of carboxylic acid groups (broad SMARTS) is 1. The molecule has 4 atom stereocenters. The first kappa shape index (κ1) is 29.6. The van der Waals surface area contributed by atoms with Gasteiger partial charge in [-0.3, -0.25) is 24.3 Å². The Hall–Kier alpha value is -3.85. The highest BCUT2D eigenvalue weighted by Gasteiger charge is 2.56. The fourth-order valence-corrected chi connectivity index (χ4v) is 6.75. The second-order valence-corrected chi connectivity index (χ2v) is 11.3. The number of aromatic hydroxyl groups is 1. The van der Waals surface area contributed by atoms with Gasteiger partial charge in [-0.25, -0.2) is 4.39 Å². The van der Waals surface area contributed by atoms with Crippen LogP contribution in [-0.4, -0.2) is 57.1 Å². The van der Waals surface area contributed by atoms with E-state index in [1.165, 1.54) is 22.6 Å². The highest BCUT2D eigenvalue weighted by molar-refractivity contribution is 6.06. The number of aliphatic carboxylic acids is 1. The van der Waals surface area contributed by atoms with Gasteiger partial charge in [0.05, 0.1) is 30.2 Å². The van der Waals surface area contributed by atoms with Crippen molar-refractivity contribution >= 4 is 29.4 Å². The van der Waals surface area contributed by atoms with Crippen LogP contribution in [0, 0.1) is 23.6 Å². The molecule has 2 aromatic rings. The van der Waals surface area contributed by atoms with E-state index in [1.54, 1.807) is 12.3 Å². The number of benzene rings is 1. The van der Waals surface area contributed by atoms with Gasteiger partial charge in [-0.15, -0.1) is 0 Å². The number of carboxylic acids is 1. The molecular weight excluding hydrogens is 539 g/mol. The first-order valence-corrected chi connectivity index (χ1v) is 14.8. The molecule has 1 aromatic carbocycles. The minimum Gasteiger partial charge on any atom is -0.505 e. The highest BCUT2D eigenvalue weighted by Crippen LogP contribution is 2.50. The number of carbonyl (C=O) groups excluding carboxylic acids is 2. The summed E-state index contributed by atoms with van der Waals surface area (Å²) in [4.78, 5) is 43.6. The van der Waals surface area contributed by atoms with Crippen molar-refractivity contribution in [2.24, 2.45) is 17.8 Å². The van der Waals surface area contributed by atoms with E-state index in [2.05, 4.69) is 11.9 Å². The second kappa shape index (κ2) is 13.0. The summed E-state index contributed by atoms with van der Waals surface area (Å²) in [5.41, 5.74) is 4.63. The fourth-order valence-electron chi connectivity index (χ4n) is 6.75. The van der Waals surface area contributed by atoms with Gasteiger partial charge in [0, 0.05) is 25.1 Å². The van der Waals surface area contributed by atoms with Crippen LogP contribution in [0.15, 0.2) is 53.7 Å². The Morgan fingerprint density at radius 2 is 1.95 bits per heavy atom. The lowest BCUT2D eigenvalue weighted by molar-refractivity contribution is -0.141. The number of phenolic OH excluding ortho intramolecular Hbond substituents is 1. The van der Waals surface area contributed by atoms with Crippen LogP contribution in [0.1, 0.15) is 69.5 Å². The number of ether oxygens (including phenoxy) is 1. The maximum atomic E-state index is 14.1. The summed E-state index contributed by atoms with van der Waals surface area (Å²) < 4.78 is 20.4. The highest BCUT2D eigenvalue weighted by atomic mass is 19.1. The van der Waals surface area contributed by atoms with E-state index in [9.17, 15) is 23.9 Å². The minimum atomic E-state index is -0.840. The van der Waals surface area contributed by atoms with Crippen LogP contribution in [0.4, 0.5) is 4.39 Å². The Balaban J connectivity index is 1.32. The summed E-state index contributed by atoms with van der Waals surface area (Å²) in [5.74, 6) is -3.09. The van der Waals surface area contributed by atoms with Gasteiger partial charge in [0.25, 0.3) is 0 Å². The van der Waals surface area contributed by atoms with Crippen molar-refractivity contribution in [3.05, 3.63) is 70.8 Å². The van der Waals surface area contributed by atoms with Gasteiger partial charge in [-0.05, 0) is 85.6 Å². The number of fused-ring (bicyclic) bond motifs is 3. The summed E-state index contributed by atoms with van der Waals surface area (Å²) >= 11 is 0. The zero-order valence-electron chi connectivity index (χ0n) is 23.8. The fraction of sp³-hybridized carbons (Fsp3) is 0.455. The number of hydrogen-bond acceptors (Lipinski definition) is 6. The van der Waals surface area contributed by atoms with Crippen molar-refractivity contribution in [3.63, 3.8) is 0 Å². The molecule has 3 aliphatic rings. The molecule has 0 bridgehead atoms. The van der Waals surface area contributed by atoms with E-state index in [0.717, 1.165) is 23.3 Å². The predicted molar refractivity (Wildman–Crippen MR) is 154 cm³/mol. The quantitative estimate of drug-likeness (QED) is 0.191. The van der Waals surface area contributed by atoms with Crippen molar-refractivity contribution in [3.8, 4) is 5.75 Å². The molecule has 2 aliphatic heterocycles. The number of phenols is 1. The van der Waals surface area contributed by atoms with E-state index in [-0.39, 0.29) is 36.2 Å². The molecule has 5 rings (SSSR count). The lowest BCUT2D eigenvalue weighted by Gasteiger charge is -2.31. The molecule has 0 radical (unpaired) electrons. The number of rotatable bonds is 12. The minimum absolute atomic E-state index is 0.0874. The third-order valence-corrected chi connectivity index (χ3v) is 8.78. The topological polar surface area (TPSA) is 117 Å². The van der Waals surface area contributed by atoms with Crippen molar-refractivity contribution in [1.82, 2.24) is 9.88 Å². The van der Waals surface area contributed by atoms with E-state index in [1.807, 2.05) is 24.3 Å². The standard InChI is InChI=1S/C33H37FN2O6/c1-2-21-18-23-31(33(41)36(32(23)40)15-7-3-4-9-29(38)39)24-19-42-28(30(21)24)13-11-22(26-8-5-6-14-35-26)16-20-10-12-27(37)25(34)17-20/h5-6,8,10,12,14,16-17,23-24,28,31,37H,2-4,7,9,11,13,15,18-19H2,1H3,(H,38,39)/b22-16-/t23-,24+,28-,31-/m1/s1. The van der Waals surface area contributed by atoms with E-state index in [0.29, 0.717) is 57.2 Å². The number of nitrogens with zero attached hydrogens (tertiary/aromatic N) is 2. The Morgan fingerprint density at radius 3 is 2.67 bits per heavy atom. The van der Waals surface area contributed by atoms with Gasteiger partial charge in [-0.2, -0.15) is 0 Å². The van der Waals surface area contributed by atoms with E-state index in [4.69, 9.17) is 9.84 Å². The van der Waals surface area contributed by atoms with Crippen LogP contribution in [-0.2, 0) is 19.1 Å². The average Bonchev–Trinajstić information content (AvgIpc) is 3.51. The van der Waals surface area contributed by atoms with Crippen molar-refractivity contribution in [2.75, 3.05) is 13.2 Å². The number of aromatic nitrogens is 1. The van der Waals surface area contributed by atoms with Gasteiger partial charge >= 0.3 is 5.97 Å². The van der Waals surface area contributed by atoms with Crippen LogP contribution in [0.2, 0.25) is 0 Å². The molecule has 2 saturated heterocycles. The maximum Gasteiger partial charge on any atom is 0.303 e. The molecule has 2 N–H and O–H groups in total. The normalized spacial score (nSPS) is 23.9. The number of allylic oxidation sites excluding steroid dienone is 2. The molecule has 1 aromatic heterocycles. The number of pyridine rings is 1. The zero-order chi connectivity index (χ0) is 29.8. The molecule has 0 saturated carbocycles. The third kappa shape index (κ3) is 6.16. The second-order valence-electron chi connectivity index (χ2n) is 11.3. The summed E-state index contributed by atoms with van der Waals surface area (Å²) in [6.07, 6.45) is 7.84. The number of halogens is 1. The maximum absolute atomic E-state index is 14.1. The SMILES string of the molecule is CCC1=C2[C@@H](CC/C(=C/c3ccc(O)c(F)c3)c3ccccn3)OC[C@@H]2[C@@H]2C(=O)N(CCCCCC(=O)O)C(=O)[C@@H]2C1.